The second-order valence-electron chi connectivity index (χ2n) is 4.98. The maximum atomic E-state index is 12.5. The van der Waals surface area contributed by atoms with Crippen LogP contribution in [0.25, 0.3) is 0 Å². The zero-order chi connectivity index (χ0) is 17.9. The Bertz CT molecular complexity index is 950. The normalized spacial score (nSPS) is 10.9. The molecule has 0 bridgehead atoms. The number of nitrogens with zero attached hydrogens (tertiary/aromatic N) is 2. The molecular weight excluding hydrogens is 350 g/mol. The number of hydrogen-bond acceptors (Lipinski definition) is 6. The number of sulfonamides is 1. The van der Waals surface area contributed by atoms with E-state index < -0.39 is 14.9 Å². The second-order valence-corrected chi connectivity index (χ2v) is 7.52. The summed E-state index contributed by atoms with van der Waals surface area (Å²) in [5.41, 5.74) is 1.12. The Kier molecular flexibility index (Phi) is 5.11. The SMILES string of the molecule is Cc1cc(SC#N)ccc1NS(=O)(=O)c1ccc(C)c([N+](=O)[O-])c1. The summed E-state index contributed by atoms with van der Waals surface area (Å²) in [4.78, 5) is 10.9. The van der Waals surface area contributed by atoms with Gasteiger partial charge >= 0.3 is 0 Å². The number of nitriles is 1. The molecule has 1 N–H and O–H groups in total. The number of anilines is 1. The van der Waals surface area contributed by atoms with Crippen LogP contribution in [0.5, 0.6) is 0 Å². The molecule has 0 saturated heterocycles. The predicted octanol–water partition coefficient (Wildman–Crippen LogP) is 3.59. The van der Waals surface area contributed by atoms with Crippen LogP contribution in [0.15, 0.2) is 46.2 Å². The van der Waals surface area contributed by atoms with E-state index in [0.717, 1.165) is 17.8 Å². The van der Waals surface area contributed by atoms with E-state index in [-0.39, 0.29) is 10.6 Å². The molecule has 0 aliphatic heterocycles. The predicted molar refractivity (Wildman–Crippen MR) is 91.3 cm³/mol. The zero-order valence-electron chi connectivity index (χ0n) is 12.8. The van der Waals surface area contributed by atoms with Crippen LogP contribution in [-0.2, 0) is 10.0 Å². The molecule has 2 rings (SSSR count). The van der Waals surface area contributed by atoms with Crippen LogP contribution in [-0.4, -0.2) is 13.3 Å². The van der Waals surface area contributed by atoms with E-state index in [1.807, 2.05) is 5.40 Å². The number of nitrogens with one attached hydrogen (secondary N) is 1. The number of hydrogen-bond donors (Lipinski definition) is 1. The van der Waals surface area contributed by atoms with Crippen LogP contribution < -0.4 is 4.72 Å². The third-order valence-corrected chi connectivity index (χ3v) is 5.24. The molecule has 0 radical (unpaired) electrons. The Morgan fingerprint density at radius 3 is 2.46 bits per heavy atom. The average molecular weight is 363 g/mol. The highest BCUT2D eigenvalue weighted by Crippen LogP contribution is 2.27. The number of aryl methyl sites for hydroxylation is 2. The molecule has 0 atom stereocenters. The molecule has 2 aromatic rings. The minimum atomic E-state index is -3.96. The maximum Gasteiger partial charge on any atom is 0.273 e. The average Bonchev–Trinajstić information content (AvgIpc) is 2.50. The maximum absolute atomic E-state index is 12.5. The molecule has 0 unspecified atom stereocenters. The van der Waals surface area contributed by atoms with Gasteiger partial charge in [0.05, 0.1) is 15.5 Å². The molecular formula is C15H13N3O4S2. The van der Waals surface area contributed by atoms with E-state index in [9.17, 15) is 18.5 Å². The smallest absolute Gasteiger partial charge is 0.273 e. The number of benzene rings is 2. The highest BCUT2D eigenvalue weighted by atomic mass is 32.2. The van der Waals surface area contributed by atoms with Gasteiger partial charge in [-0.25, -0.2) is 8.42 Å². The number of nitro benzene ring substituents is 1. The third kappa shape index (κ3) is 3.84. The number of thiocyanates is 1. The fourth-order valence-electron chi connectivity index (χ4n) is 2.02. The van der Waals surface area contributed by atoms with Gasteiger partial charge in [0.25, 0.3) is 15.7 Å². The van der Waals surface area contributed by atoms with Crippen molar-refractivity contribution in [2.75, 3.05) is 4.72 Å². The van der Waals surface area contributed by atoms with Crippen molar-refractivity contribution in [2.45, 2.75) is 23.6 Å². The first kappa shape index (κ1) is 17.8. The first-order chi connectivity index (χ1) is 11.2. The van der Waals surface area contributed by atoms with E-state index in [2.05, 4.69) is 4.72 Å². The van der Waals surface area contributed by atoms with Crippen molar-refractivity contribution in [3.63, 3.8) is 0 Å². The van der Waals surface area contributed by atoms with Crippen molar-refractivity contribution in [3.05, 3.63) is 57.6 Å². The Morgan fingerprint density at radius 1 is 1.17 bits per heavy atom. The monoisotopic (exact) mass is 363 g/mol. The largest absolute Gasteiger partial charge is 0.279 e. The van der Waals surface area contributed by atoms with Crippen molar-refractivity contribution < 1.29 is 13.3 Å². The van der Waals surface area contributed by atoms with Gasteiger partial charge in [-0.3, -0.25) is 14.8 Å². The molecule has 2 aromatic carbocycles. The fraction of sp³-hybridized carbons (Fsp3) is 0.133. The molecule has 0 saturated carbocycles. The van der Waals surface area contributed by atoms with Gasteiger partial charge in [-0.2, -0.15) is 5.26 Å². The van der Waals surface area contributed by atoms with Gasteiger partial charge in [-0.1, -0.05) is 6.07 Å². The summed E-state index contributed by atoms with van der Waals surface area (Å²) in [6.45, 7) is 3.24. The molecule has 0 aliphatic rings. The van der Waals surface area contributed by atoms with Crippen molar-refractivity contribution in [3.8, 4) is 5.40 Å². The first-order valence-electron chi connectivity index (χ1n) is 6.69. The molecule has 9 heteroatoms. The lowest BCUT2D eigenvalue weighted by Gasteiger charge is -2.11. The standard InChI is InChI=1S/C15H13N3O4S2/c1-10-3-5-13(8-15(10)18(19)20)24(21,22)17-14-6-4-12(23-9-16)7-11(14)2/h3-8,17H,1-2H3. The van der Waals surface area contributed by atoms with Gasteiger partial charge in [0.1, 0.15) is 5.40 Å². The molecule has 0 fully saturated rings. The van der Waals surface area contributed by atoms with E-state index >= 15 is 0 Å². The summed E-state index contributed by atoms with van der Waals surface area (Å²) >= 11 is 0.973. The van der Waals surface area contributed by atoms with Crippen LogP contribution in [0.4, 0.5) is 11.4 Å². The van der Waals surface area contributed by atoms with Crippen molar-refractivity contribution >= 4 is 33.2 Å². The number of thioether (sulfide) groups is 1. The number of rotatable bonds is 5. The minimum absolute atomic E-state index is 0.185. The minimum Gasteiger partial charge on any atom is -0.279 e. The summed E-state index contributed by atoms with van der Waals surface area (Å²) in [6, 6.07) is 8.60. The summed E-state index contributed by atoms with van der Waals surface area (Å²) < 4.78 is 27.3. The van der Waals surface area contributed by atoms with Crippen LogP contribution in [0.2, 0.25) is 0 Å². The number of nitro groups is 1. The summed E-state index contributed by atoms with van der Waals surface area (Å²) in [7, 11) is -3.96. The highest BCUT2D eigenvalue weighted by molar-refractivity contribution is 8.03. The van der Waals surface area contributed by atoms with Gasteiger partial charge in [0, 0.05) is 16.5 Å². The first-order valence-corrected chi connectivity index (χ1v) is 8.99. The molecule has 124 valence electrons. The van der Waals surface area contributed by atoms with Crippen LogP contribution >= 0.6 is 11.8 Å². The van der Waals surface area contributed by atoms with Crippen molar-refractivity contribution in [2.24, 2.45) is 0 Å². The lowest BCUT2D eigenvalue weighted by atomic mass is 10.2. The molecule has 7 nitrogen and oxygen atoms in total. The highest BCUT2D eigenvalue weighted by Gasteiger charge is 2.20. The lowest BCUT2D eigenvalue weighted by Crippen LogP contribution is -2.14. The van der Waals surface area contributed by atoms with Gasteiger partial charge in [-0.05, 0) is 55.4 Å². The van der Waals surface area contributed by atoms with Gasteiger partial charge in [0.2, 0.25) is 0 Å². The van der Waals surface area contributed by atoms with Gasteiger partial charge < -0.3 is 0 Å². The second kappa shape index (κ2) is 6.90. The molecule has 0 amide bonds. The summed E-state index contributed by atoms with van der Waals surface area (Å²) in [6.07, 6.45) is 0. The van der Waals surface area contributed by atoms with E-state index in [0.29, 0.717) is 21.7 Å². The molecule has 0 spiro atoms. The van der Waals surface area contributed by atoms with Gasteiger partial charge in [-0.15, -0.1) is 0 Å². The van der Waals surface area contributed by atoms with E-state index in [4.69, 9.17) is 5.26 Å². The molecule has 0 aromatic heterocycles. The Balaban J connectivity index is 2.37. The van der Waals surface area contributed by atoms with E-state index in [1.165, 1.54) is 19.1 Å². The Labute approximate surface area is 143 Å². The zero-order valence-corrected chi connectivity index (χ0v) is 14.4. The molecule has 24 heavy (non-hydrogen) atoms. The van der Waals surface area contributed by atoms with Crippen LogP contribution in [0.3, 0.4) is 0 Å². The van der Waals surface area contributed by atoms with E-state index in [1.54, 1.807) is 25.1 Å². The summed E-state index contributed by atoms with van der Waals surface area (Å²) in [5, 5.41) is 21.6. The van der Waals surface area contributed by atoms with Crippen molar-refractivity contribution in [1.82, 2.24) is 0 Å². The quantitative estimate of drug-likeness (QED) is 0.376. The Morgan fingerprint density at radius 2 is 1.88 bits per heavy atom. The Hall–Kier alpha value is -2.57. The molecule has 0 aliphatic carbocycles. The summed E-state index contributed by atoms with van der Waals surface area (Å²) in [5.74, 6) is 0. The van der Waals surface area contributed by atoms with Crippen molar-refractivity contribution in [1.29, 1.82) is 5.26 Å². The van der Waals surface area contributed by atoms with Crippen LogP contribution in [0, 0.1) is 34.6 Å². The molecule has 0 heterocycles. The van der Waals surface area contributed by atoms with Crippen LogP contribution in [0.1, 0.15) is 11.1 Å². The third-order valence-electron chi connectivity index (χ3n) is 3.29. The topological polar surface area (TPSA) is 113 Å². The fourth-order valence-corrected chi connectivity index (χ4v) is 3.65. The lowest BCUT2D eigenvalue weighted by molar-refractivity contribution is -0.385. The van der Waals surface area contributed by atoms with Gasteiger partial charge in [0.15, 0.2) is 0 Å².